The van der Waals surface area contributed by atoms with Gasteiger partial charge in [0.25, 0.3) is 0 Å². The highest BCUT2D eigenvalue weighted by Gasteiger charge is 2.24. The molecule has 0 bridgehead atoms. The van der Waals surface area contributed by atoms with Crippen LogP contribution in [-0.4, -0.2) is 27.9 Å². The number of piperidine rings is 1. The Morgan fingerprint density at radius 2 is 2.06 bits per heavy atom. The number of nitrogens with zero attached hydrogens (tertiary/aromatic N) is 3. The summed E-state index contributed by atoms with van der Waals surface area (Å²) in [6.07, 6.45) is 2.53. The minimum Gasteiger partial charge on any atom is -0.341 e. The largest absolute Gasteiger partial charge is 0.341 e. The fourth-order valence-corrected chi connectivity index (χ4v) is 2.86. The predicted molar refractivity (Wildman–Crippen MR) is 72.9 cm³/mol. The van der Waals surface area contributed by atoms with Crippen LogP contribution in [0.5, 0.6) is 0 Å². The summed E-state index contributed by atoms with van der Waals surface area (Å²) >= 11 is 5.22. The fraction of sp³-hybridized carbons (Fsp3) is 0.833. The second-order valence-electron chi connectivity index (χ2n) is 5.14. The second kappa shape index (κ2) is 5.21. The van der Waals surface area contributed by atoms with Crippen molar-refractivity contribution in [3.8, 4) is 0 Å². The molecular formula is C12H22N4S. The molecule has 96 valence electrons. The van der Waals surface area contributed by atoms with E-state index in [4.69, 9.17) is 12.2 Å². The maximum absolute atomic E-state index is 5.22. The molecule has 1 saturated heterocycles. The first-order valence-electron chi connectivity index (χ1n) is 6.53. The van der Waals surface area contributed by atoms with Crippen molar-refractivity contribution in [3.63, 3.8) is 0 Å². The second-order valence-corrected chi connectivity index (χ2v) is 5.53. The molecule has 0 unspecified atom stereocenters. The van der Waals surface area contributed by atoms with Crippen LogP contribution in [0.3, 0.4) is 0 Å². The molecule has 0 amide bonds. The van der Waals surface area contributed by atoms with E-state index in [-0.39, 0.29) is 0 Å². The third-order valence-corrected chi connectivity index (χ3v) is 4.13. The molecule has 1 aromatic rings. The van der Waals surface area contributed by atoms with Crippen LogP contribution in [0.15, 0.2) is 0 Å². The Bertz CT molecular complexity index is 412. The van der Waals surface area contributed by atoms with Gasteiger partial charge in [-0.1, -0.05) is 13.8 Å². The number of H-pyrrole nitrogens is 1. The molecule has 1 aliphatic rings. The minimum atomic E-state index is 0.730. The highest BCUT2D eigenvalue weighted by molar-refractivity contribution is 7.71. The molecule has 17 heavy (non-hydrogen) atoms. The van der Waals surface area contributed by atoms with Gasteiger partial charge in [0.15, 0.2) is 4.77 Å². The molecule has 0 aliphatic carbocycles. The number of hydrogen-bond donors (Lipinski definition) is 1. The van der Waals surface area contributed by atoms with Gasteiger partial charge < -0.3 is 4.90 Å². The van der Waals surface area contributed by atoms with Gasteiger partial charge >= 0.3 is 0 Å². The Hall–Kier alpha value is -0.840. The summed E-state index contributed by atoms with van der Waals surface area (Å²) in [7, 11) is 0. The van der Waals surface area contributed by atoms with E-state index < -0.39 is 0 Å². The quantitative estimate of drug-likeness (QED) is 0.843. The van der Waals surface area contributed by atoms with E-state index >= 15 is 0 Å². The van der Waals surface area contributed by atoms with Crippen molar-refractivity contribution >= 4 is 18.2 Å². The van der Waals surface area contributed by atoms with E-state index in [1.807, 2.05) is 0 Å². The smallest absolute Gasteiger partial charge is 0.225 e. The Morgan fingerprint density at radius 1 is 1.41 bits per heavy atom. The normalized spacial score (nSPS) is 18.0. The van der Waals surface area contributed by atoms with Crippen molar-refractivity contribution in [2.45, 2.75) is 40.2 Å². The average molecular weight is 254 g/mol. The van der Waals surface area contributed by atoms with Crippen LogP contribution < -0.4 is 4.90 Å². The molecule has 0 spiro atoms. The molecule has 0 saturated carbocycles. The highest BCUT2D eigenvalue weighted by Crippen LogP contribution is 2.26. The first-order chi connectivity index (χ1) is 8.13. The zero-order chi connectivity index (χ0) is 12.4. The Labute approximate surface area is 108 Å². The molecule has 4 nitrogen and oxygen atoms in total. The molecule has 1 fully saturated rings. The molecule has 5 heteroatoms. The molecule has 0 aromatic carbocycles. The summed E-state index contributed by atoms with van der Waals surface area (Å²) in [6.45, 7) is 9.83. The van der Waals surface area contributed by atoms with Gasteiger partial charge in [-0.15, -0.1) is 5.10 Å². The maximum Gasteiger partial charge on any atom is 0.225 e. The summed E-state index contributed by atoms with van der Waals surface area (Å²) in [4.78, 5) is 2.36. The number of rotatable bonds is 3. The highest BCUT2D eigenvalue weighted by atomic mass is 32.1. The van der Waals surface area contributed by atoms with E-state index in [2.05, 4.69) is 40.4 Å². The lowest BCUT2D eigenvalue weighted by Crippen LogP contribution is -2.36. The predicted octanol–water partition coefficient (Wildman–Crippen LogP) is 2.83. The van der Waals surface area contributed by atoms with Gasteiger partial charge in [0.1, 0.15) is 0 Å². The molecular weight excluding hydrogens is 232 g/mol. The van der Waals surface area contributed by atoms with E-state index in [1.165, 1.54) is 12.8 Å². The van der Waals surface area contributed by atoms with E-state index in [9.17, 15) is 0 Å². The topological polar surface area (TPSA) is 36.9 Å². The average Bonchev–Trinajstić information content (AvgIpc) is 2.70. The standard InChI is InChI=1S/C12H22N4S/c1-4-16-11(13-14-12(16)17)15-7-5-10(6-8-15)9(2)3/h9-10H,4-8H2,1-3H3,(H,14,17). The van der Waals surface area contributed by atoms with Crippen molar-refractivity contribution in [2.24, 2.45) is 11.8 Å². The van der Waals surface area contributed by atoms with Gasteiger partial charge in [-0.2, -0.15) is 0 Å². The number of nitrogens with one attached hydrogen (secondary N) is 1. The summed E-state index contributed by atoms with van der Waals surface area (Å²) in [5.41, 5.74) is 0. The summed E-state index contributed by atoms with van der Waals surface area (Å²) in [6, 6.07) is 0. The van der Waals surface area contributed by atoms with Gasteiger partial charge in [-0.25, -0.2) is 5.10 Å². The lowest BCUT2D eigenvalue weighted by molar-refractivity contribution is 0.309. The van der Waals surface area contributed by atoms with Gasteiger partial charge in [-0.05, 0) is 43.8 Å². The Kier molecular flexibility index (Phi) is 3.86. The van der Waals surface area contributed by atoms with Gasteiger partial charge in [0.05, 0.1) is 0 Å². The summed E-state index contributed by atoms with van der Waals surface area (Å²) in [5.74, 6) is 2.67. The first-order valence-corrected chi connectivity index (χ1v) is 6.94. The van der Waals surface area contributed by atoms with Crippen molar-refractivity contribution < 1.29 is 0 Å². The number of hydrogen-bond acceptors (Lipinski definition) is 3. The van der Waals surface area contributed by atoms with Crippen LogP contribution in [0.1, 0.15) is 33.6 Å². The third kappa shape index (κ3) is 2.54. The van der Waals surface area contributed by atoms with E-state index in [1.54, 1.807) is 0 Å². The molecule has 1 N–H and O–H groups in total. The third-order valence-electron chi connectivity index (χ3n) is 3.82. The molecule has 0 atom stereocenters. The molecule has 0 radical (unpaired) electrons. The van der Waals surface area contributed by atoms with Gasteiger partial charge in [0, 0.05) is 19.6 Å². The maximum atomic E-state index is 5.22. The Balaban J connectivity index is 2.08. The number of aromatic nitrogens is 3. The zero-order valence-corrected chi connectivity index (χ0v) is 11.8. The Morgan fingerprint density at radius 3 is 2.59 bits per heavy atom. The van der Waals surface area contributed by atoms with Crippen LogP contribution >= 0.6 is 12.2 Å². The van der Waals surface area contributed by atoms with E-state index in [0.29, 0.717) is 0 Å². The van der Waals surface area contributed by atoms with Crippen molar-refractivity contribution in [1.82, 2.24) is 14.8 Å². The molecule has 1 aliphatic heterocycles. The summed E-state index contributed by atoms with van der Waals surface area (Å²) in [5, 5.41) is 7.25. The first kappa shape index (κ1) is 12.6. The molecule has 1 aromatic heterocycles. The number of anilines is 1. The molecule has 2 rings (SSSR count). The lowest BCUT2D eigenvalue weighted by atomic mass is 9.87. The van der Waals surface area contributed by atoms with Crippen LogP contribution in [0.25, 0.3) is 0 Å². The SMILES string of the molecule is CCn1c(N2CCC(C(C)C)CC2)n[nH]c1=S. The molecule has 2 heterocycles. The zero-order valence-electron chi connectivity index (χ0n) is 10.9. The van der Waals surface area contributed by atoms with Crippen LogP contribution in [0.4, 0.5) is 5.95 Å². The van der Waals surface area contributed by atoms with Gasteiger partial charge in [0.2, 0.25) is 5.95 Å². The fourth-order valence-electron chi connectivity index (χ4n) is 2.60. The van der Waals surface area contributed by atoms with Crippen molar-refractivity contribution in [1.29, 1.82) is 0 Å². The van der Waals surface area contributed by atoms with Crippen LogP contribution in [-0.2, 0) is 6.54 Å². The van der Waals surface area contributed by atoms with Crippen LogP contribution in [0, 0.1) is 16.6 Å². The van der Waals surface area contributed by atoms with Crippen molar-refractivity contribution in [3.05, 3.63) is 4.77 Å². The number of aromatic amines is 1. The van der Waals surface area contributed by atoms with Crippen LogP contribution in [0.2, 0.25) is 0 Å². The van der Waals surface area contributed by atoms with Crippen molar-refractivity contribution in [2.75, 3.05) is 18.0 Å². The monoisotopic (exact) mass is 254 g/mol. The van der Waals surface area contributed by atoms with E-state index in [0.717, 1.165) is 42.2 Å². The van der Waals surface area contributed by atoms with Gasteiger partial charge in [-0.3, -0.25) is 4.57 Å². The summed E-state index contributed by atoms with van der Waals surface area (Å²) < 4.78 is 2.80. The lowest BCUT2D eigenvalue weighted by Gasteiger charge is -2.34. The minimum absolute atomic E-state index is 0.730.